The molecule has 1 heterocycles. The van der Waals surface area contributed by atoms with Gasteiger partial charge in [-0.3, -0.25) is 0 Å². The molecule has 4 aromatic carbocycles. The third kappa shape index (κ3) is 7.39. The van der Waals surface area contributed by atoms with Crippen LogP contribution in [0.25, 0.3) is 0 Å². The molecule has 0 amide bonds. The molecular weight excluding hydrogens is 590 g/mol. The first kappa shape index (κ1) is 31.0. The summed E-state index contributed by atoms with van der Waals surface area (Å²) in [5.41, 5.74) is 0.00732. The Kier molecular flexibility index (Phi) is 9.59. The van der Waals surface area contributed by atoms with Gasteiger partial charge in [-0.15, -0.1) is 0 Å². The summed E-state index contributed by atoms with van der Waals surface area (Å²) in [5, 5.41) is 0. The van der Waals surface area contributed by atoms with Crippen LogP contribution in [0.4, 0.5) is 8.78 Å². The lowest BCUT2D eigenvalue weighted by Crippen LogP contribution is -2.66. The molecule has 0 aliphatic carbocycles. The first-order valence-corrected chi connectivity index (χ1v) is 13.8. The fourth-order valence-corrected chi connectivity index (χ4v) is 4.52. The minimum atomic E-state index is -3.41. The fourth-order valence-electron chi connectivity index (χ4n) is 4.52. The van der Waals surface area contributed by atoms with Crippen LogP contribution in [0.15, 0.2) is 121 Å². The Bertz CT molecular complexity index is 1620. The van der Waals surface area contributed by atoms with Crippen LogP contribution in [0.2, 0.25) is 0 Å². The van der Waals surface area contributed by atoms with Gasteiger partial charge >= 0.3 is 23.9 Å². The van der Waals surface area contributed by atoms with Crippen LogP contribution in [-0.2, 0) is 23.7 Å². The number of hydrogen-bond donors (Lipinski definition) is 0. The number of hydrogen-bond acceptors (Lipinski definition) is 9. The molecule has 230 valence electrons. The molecule has 4 aromatic rings. The Hall–Kier alpha value is -5.42. The second-order valence-corrected chi connectivity index (χ2v) is 9.86. The number of alkyl halides is 2. The van der Waals surface area contributed by atoms with Gasteiger partial charge < -0.3 is 23.7 Å². The van der Waals surface area contributed by atoms with E-state index < -0.39 is 61.0 Å². The third-order valence-corrected chi connectivity index (χ3v) is 6.77. The van der Waals surface area contributed by atoms with Gasteiger partial charge in [0.2, 0.25) is 12.5 Å². The van der Waals surface area contributed by atoms with E-state index in [2.05, 4.69) is 0 Å². The molecule has 1 saturated heterocycles. The van der Waals surface area contributed by atoms with E-state index in [-0.39, 0.29) is 22.3 Å². The number of esters is 4. The molecule has 0 N–H and O–H groups in total. The van der Waals surface area contributed by atoms with Gasteiger partial charge in [0, 0.05) is 0 Å². The molecule has 0 unspecified atom stereocenters. The summed E-state index contributed by atoms with van der Waals surface area (Å²) < 4.78 is 59.1. The van der Waals surface area contributed by atoms with Crippen molar-refractivity contribution in [1.29, 1.82) is 0 Å². The Morgan fingerprint density at radius 1 is 0.556 bits per heavy atom. The summed E-state index contributed by atoms with van der Waals surface area (Å²) in [6.07, 6.45) is -9.28. The van der Waals surface area contributed by atoms with Crippen molar-refractivity contribution < 1.29 is 51.6 Å². The normalized spacial score (nSPS) is 22.4. The molecule has 9 nitrogen and oxygen atoms in total. The van der Waals surface area contributed by atoms with Crippen LogP contribution in [0.1, 0.15) is 41.4 Å². The predicted molar refractivity (Wildman–Crippen MR) is 153 cm³/mol. The minimum absolute atomic E-state index is 0.00421. The first-order valence-electron chi connectivity index (χ1n) is 13.8. The topological polar surface area (TPSA) is 114 Å². The summed E-state index contributed by atoms with van der Waals surface area (Å²) in [6, 6.07) is 29.9. The lowest BCUT2D eigenvalue weighted by molar-refractivity contribution is -0.345. The molecule has 0 aromatic heterocycles. The molecule has 11 heteroatoms. The second kappa shape index (κ2) is 13.9. The highest BCUT2D eigenvalue weighted by atomic mass is 19.2. The number of ether oxygens (including phenoxy) is 5. The van der Waals surface area contributed by atoms with E-state index >= 15 is 8.78 Å². The van der Waals surface area contributed by atoms with Gasteiger partial charge in [0.05, 0.1) is 22.3 Å². The van der Waals surface area contributed by atoms with E-state index in [9.17, 15) is 19.2 Å². The predicted octanol–water partition coefficient (Wildman–Crippen LogP) is 5.51. The summed E-state index contributed by atoms with van der Waals surface area (Å²) in [6.45, 7) is -1.29. The second-order valence-electron chi connectivity index (χ2n) is 9.86. The number of halogens is 2. The van der Waals surface area contributed by atoms with Crippen LogP contribution >= 0.6 is 0 Å². The molecule has 5 atom stereocenters. The highest BCUT2D eigenvalue weighted by Gasteiger charge is 2.62. The highest BCUT2D eigenvalue weighted by molar-refractivity contribution is 5.91. The van der Waals surface area contributed by atoms with E-state index in [1.54, 1.807) is 36.4 Å². The van der Waals surface area contributed by atoms with Crippen LogP contribution < -0.4 is 0 Å². The Morgan fingerprint density at radius 3 is 1.33 bits per heavy atom. The fraction of sp³-hybridized carbons (Fsp3) is 0.176. The summed E-state index contributed by atoms with van der Waals surface area (Å²) in [5.74, 6) is -7.63. The van der Waals surface area contributed by atoms with Gasteiger partial charge in [-0.2, -0.15) is 0 Å². The molecule has 0 saturated carbocycles. The molecule has 1 aliphatic rings. The zero-order valence-electron chi connectivity index (χ0n) is 23.5. The monoisotopic (exact) mass is 616 g/mol. The molecule has 1 fully saturated rings. The number of benzene rings is 4. The van der Waals surface area contributed by atoms with Crippen LogP contribution in [0.5, 0.6) is 0 Å². The van der Waals surface area contributed by atoms with Crippen molar-refractivity contribution in [1.82, 2.24) is 0 Å². The molecular formula is C34H26F2O9. The zero-order chi connectivity index (χ0) is 31.8. The SMILES string of the molecule is O=C(OC[C@@]1(F)O[C@@H](F)[C@H](OC(=O)c2ccccc2)[C@@H](OC(=O)c2ccccc2)[C@@H]1OC(=O)c1ccccc1)c1ccccc1. The van der Waals surface area contributed by atoms with Crippen molar-refractivity contribution in [3.63, 3.8) is 0 Å². The van der Waals surface area contributed by atoms with Gasteiger partial charge in [-0.25, -0.2) is 28.0 Å². The Labute approximate surface area is 256 Å². The molecule has 0 bridgehead atoms. The highest BCUT2D eigenvalue weighted by Crippen LogP contribution is 2.38. The van der Waals surface area contributed by atoms with Crippen molar-refractivity contribution in [2.75, 3.05) is 6.61 Å². The van der Waals surface area contributed by atoms with Gasteiger partial charge in [0.15, 0.2) is 18.8 Å². The number of carbonyl (C=O) groups excluding carboxylic acids is 4. The largest absolute Gasteiger partial charge is 0.456 e. The standard InChI is InChI=1S/C34H26F2O9/c35-29-27(43-32(39)24-17-9-3-10-18-24)26(42-31(38)23-15-7-2-8-16-23)28(44-33(40)25-19-11-4-12-20-25)34(36,45-29)21-41-30(37)22-13-5-1-6-14-22/h1-20,26-29H,21H2/t26-,27-,28+,29-,34-/m1/s1. The maximum atomic E-state index is 16.8. The van der Waals surface area contributed by atoms with Crippen LogP contribution in [-0.4, -0.2) is 61.0 Å². The zero-order valence-corrected chi connectivity index (χ0v) is 23.5. The van der Waals surface area contributed by atoms with Gasteiger partial charge in [0.1, 0.15) is 0 Å². The number of rotatable bonds is 9. The first-order chi connectivity index (χ1) is 21.7. The average Bonchev–Trinajstić information content (AvgIpc) is 3.08. The molecule has 45 heavy (non-hydrogen) atoms. The summed E-state index contributed by atoms with van der Waals surface area (Å²) in [7, 11) is 0. The molecule has 1 aliphatic heterocycles. The van der Waals surface area contributed by atoms with Crippen molar-refractivity contribution in [3.8, 4) is 0 Å². The van der Waals surface area contributed by atoms with E-state index in [1.807, 2.05) is 0 Å². The van der Waals surface area contributed by atoms with E-state index in [4.69, 9.17) is 23.7 Å². The van der Waals surface area contributed by atoms with Crippen molar-refractivity contribution >= 4 is 23.9 Å². The van der Waals surface area contributed by atoms with E-state index in [1.165, 1.54) is 84.9 Å². The van der Waals surface area contributed by atoms with Gasteiger partial charge in [-0.1, -0.05) is 72.8 Å². The van der Waals surface area contributed by atoms with Gasteiger partial charge in [-0.05, 0) is 48.5 Å². The maximum Gasteiger partial charge on any atom is 0.338 e. The van der Waals surface area contributed by atoms with Gasteiger partial charge in [0.25, 0.3) is 5.85 Å². The van der Waals surface area contributed by atoms with Crippen molar-refractivity contribution in [2.24, 2.45) is 0 Å². The third-order valence-electron chi connectivity index (χ3n) is 6.77. The molecule has 0 spiro atoms. The quantitative estimate of drug-likeness (QED) is 0.177. The van der Waals surface area contributed by atoms with E-state index in [0.717, 1.165) is 0 Å². The van der Waals surface area contributed by atoms with Crippen LogP contribution in [0, 0.1) is 0 Å². The average molecular weight is 617 g/mol. The Balaban J connectivity index is 1.52. The molecule has 5 rings (SSSR count). The van der Waals surface area contributed by atoms with Crippen molar-refractivity contribution in [3.05, 3.63) is 144 Å². The van der Waals surface area contributed by atoms with Crippen molar-refractivity contribution in [2.45, 2.75) is 30.5 Å². The Morgan fingerprint density at radius 2 is 0.911 bits per heavy atom. The smallest absolute Gasteiger partial charge is 0.338 e. The molecule has 0 radical (unpaired) electrons. The van der Waals surface area contributed by atoms with E-state index in [0.29, 0.717) is 0 Å². The lowest BCUT2D eigenvalue weighted by Gasteiger charge is -2.44. The number of carbonyl (C=O) groups is 4. The maximum absolute atomic E-state index is 16.8. The summed E-state index contributed by atoms with van der Waals surface area (Å²) in [4.78, 5) is 52.1. The lowest BCUT2D eigenvalue weighted by atomic mass is 9.96. The van der Waals surface area contributed by atoms with Crippen LogP contribution in [0.3, 0.4) is 0 Å². The minimum Gasteiger partial charge on any atom is -0.456 e. The summed E-state index contributed by atoms with van der Waals surface area (Å²) >= 11 is 0.